The molecule has 1 unspecified atom stereocenters. The summed E-state index contributed by atoms with van der Waals surface area (Å²) in [4.78, 5) is 23.3. The molecule has 3 aromatic rings. The Kier molecular flexibility index (Phi) is 3.53. The minimum absolute atomic E-state index is 0.00722. The van der Waals surface area contributed by atoms with E-state index < -0.39 is 0 Å². The third-order valence-electron chi connectivity index (χ3n) is 4.33. The number of hydrogen-bond acceptors (Lipinski definition) is 5. The van der Waals surface area contributed by atoms with Gasteiger partial charge in [-0.25, -0.2) is 4.98 Å². The first-order valence-corrected chi connectivity index (χ1v) is 7.83. The number of rotatable bonds is 2. The minimum atomic E-state index is -0.125. The molecule has 3 aromatic heterocycles. The Hall–Kier alpha value is -2.70. The Labute approximate surface area is 132 Å². The molecule has 0 radical (unpaired) electrons. The van der Waals surface area contributed by atoms with Gasteiger partial charge < -0.3 is 13.8 Å². The van der Waals surface area contributed by atoms with Gasteiger partial charge >= 0.3 is 0 Å². The van der Waals surface area contributed by atoms with Crippen LogP contribution in [0.3, 0.4) is 0 Å². The van der Waals surface area contributed by atoms with E-state index in [1.165, 1.54) is 6.39 Å². The van der Waals surface area contributed by atoms with Crippen LogP contribution in [0.5, 0.6) is 0 Å². The highest BCUT2D eigenvalue weighted by atomic mass is 16.5. The molecule has 1 atom stereocenters. The second-order valence-electron chi connectivity index (χ2n) is 5.76. The van der Waals surface area contributed by atoms with Crippen molar-refractivity contribution in [1.82, 2.24) is 24.4 Å². The third-order valence-corrected chi connectivity index (χ3v) is 4.33. The van der Waals surface area contributed by atoms with Gasteiger partial charge in [0.2, 0.25) is 6.39 Å². The number of aromatic nitrogens is 4. The maximum Gasteiger partial charge on any atom is 0.254 e. The molecule has 118 valence electrons. The van der Waals surface area contributed by atoms with E-state index in [0.717, 1.165) is 31.3 Å². The molecule has 7 nitrogen and oxygen atoms in total. The SMILES string of the molecule is O=C(c1ccn2ccnc2c1)N1CCCCCC1c1ncon1. The van der Waals surface area contributed by atoms with E-state index in [4.69, 9.17) is 4.52 Å². The average molecular weight is 311 g/mol. The lowest BCUT2D eigenvalue weighted by Crippen LogP contribution is -2.35. The molecular formula is C16H17N5O2. The Balaban J connectivity index is 1.68. The monoisotopic (exact) mass is 311 g/mol. The van der Waals surface area contributed by atoms with Gasteiger partial charge in [-0.15, -0.1) is 0 Å². The van der Waals surface area contributed by atoms with E-state index in [0.29, 0.717) is 17.9 Å². The highest BCUT2D eigenvalue weighted by Gasteiger charge is 2.30. The minimum Gasteiger partial charge on any atom is -0.343 e. The Morgan fingerprint density at radius 3 is 3.04 bits per heavy atom. The number of amides is 1. The first-order valence-electron chi connectivity index (χ1n) is 7.83. The second kappa shape index (κ2) is 5.83. The van der Waals surface area contributed by atoms with E-state index in [1.54, 1.807) is 6.20 Å². The summed E-state index contributed by atoms with van der Waals surface area (Å²) in [6, 6.07) is 3.52. The zero-order chi connectivity index (χ0) is 15.6. The van der Waals surface area contributed by atoms with Gasteiger partial charge in [0, 0.05) is 30.7 Å². The number of fused-ring (bicyclic) bond motifs is 1. The molecule has 0 N–H and O–H groups in total. The van der Waals surface area contributed by atoms with E-state index >= 15 is 0 Å². The van der Waals surface area contributed by atoms with Crippen molar-refractivity contribution in [3.63, 3.8) is 0 Å². The molecule has 4 rings (SSSR count). The number of nitrogens with zero attached hydrogens (tertiary/aromatic N) is 5. The third kappa shape index (κ3) is 2.58. The van der Waals surface area contributed by atoms with Crippen LogP contribution in [0, 0.1) is 0 Å². The Morgan fingerprint density at radius 1 is 1.22 bits per heavy atom. The first-order chi connectivity index (χ1) is 11.3. The van der Waals surface area contributed by atoms with E-state index in [2.05, 4.69) is 15.1 Å². The zero-order valence-corrected chi connectivity index (χ0v) is 12.6. The first kappa shape index (κ1) is 13.9. The van der Waals surface area contributed by atoms with E-state index in [1.807, 2.05) is 33.8 Å². The van der Waals surface area contributed by atoms with Crippen LogP contribution in [-0.2, 0) is 0 Å². The lowest BCUT2D eigenvalue weighted by molar-refractivity contribution is 0.0670. The number of pyridine rings is 1. The Bertz CT molecular complexity index is 811. The number of likely N-dealkylation sites (tertiary alicyclic amines) is 1. The fourth-order valence-electron chi connectivity index (χ4n) is 3.15. The van der Waals surface area contributed by atoms with E-state index in [-0.39, 0.29) is 11.9 Å². The van der Waals surface area contributed by atoms with E-state index in [9.17, 15) is 4.79 Å². The number of carbonyl (C=O) groups is 1. The topological polar surface area (TPSA) is 76.5 Å². The summed E-state index contributed by atoms with van der Waals surface area (Å²) in [7, 11) is 0. The van der Waals surface area contributed by atoms with Crippen LogP contribution in [0.15, 0.2) is 41.6 Å². The van der Waals surface area contributed by atoms with Crippen LogP contribution < -0.4 is 0 Å². The second-order valence-corrected chi connectivity index (χ2v) is 5.76. The van der Waals surface area contributed by atoms with Gasteiger partial charge in [-0.1, -0.05) is 18.0 Å². The van der Waals surface area contributed by atoms with Crippen molar-refractivity contribution in [2.24, 2.45) is 0 Å². The average Bonchev–Trinajstić information content (AvgIpc) is 3.21. The smallest absolute Gasteiger partial charge is 0.254 e. The lowest BCUT2D eigenvalue weighted by atomic mass is 10.1. The van der Waals surface area contributed by atoms with Gasteiger partial charge in [-0.2, -0.15) is 4.98 Å². The van der Waals surface area contributed by atoms with Crippen molar-refractivity contribution in [1.29, 1.82) is 0 Å². The summed E-state index contributed by atoms with van der Waals surface area (Å²) in [6.07, 6.45) is 10.8. The number of carbonyl (C=O) groups excluding carboxylic acids is 1. The highest BCUT2D eigenvalue weighted by Crippen LogP contribution is 2.29. The Morgan fingerprint density at radius 2 is 2.17 bits per heavy atom. The molecule has 1 saturated heterocycles. The summed E-state index contributed by atoms with van der Waals surface area (Å²) in [5.41, 5.74) is 1.40. The van der Waals surface area contributed by atoms with Gasteiger partial charge in [0.05, 0.1) is 6.04 Å². The quantitative estimate of drug-likeness (QED) is 0.726. The molecule has 4 heterocycles. The van der Waals surface area contributed by atoms with Crippen LogP contribution >= 0.6 is 0 Å². The number of imidazole rings is 1. The van der Waals surface area contributed by atoms with Crippen LogP contribution in [0.25, 0.3) is 5.65 Å². The summed E-state index contributed by atoms with van der Waals surface area (Å²) in [5, 5.41) is 3.95. The molecule has 0 bridgehead atoms. The van der Waals surface area contributed by atoms with Gasteiger partial charge in [-0.3, -0.25) is 4.79 Å². The summed E-state index contributed by atoms with van der Waals surface area (Å²) in [6.45, 7) is 0.706. The number of hydrogen-bond donors (Lipinski definition) is 0. The fourth-order valence-corrected chi connectivity index (χ4v) is 3.15. The van der Waals surface area contributed by atoms with Crippen LogP contribution in [0.1, 0.15) is 47.9 Å². The normalized spacial score (nSPS) is 19.0. The van der Waals surface area contributed by atoms with Gasteiger partial charge in [0.15, 0.2) is 5.82 Å². The van der Waals surface area contributed by atoms with Gasteiger partial charge in [0.1, 0.15) is 5.65 Å². The van der Waals surface area contributed by atoms with Gasteiger partial charge in [-0.05, 0) is 25.0 Å². The lowest BCUT2D eigenvalue weighted by Gasteiger charge is -2.27. The van der Waals surface area contributed by atoms with Crippen LogP contribution in [0.2, 0.25) is 0 Å². The zero-order valence-electron chi connectivity index (χ0n) is 12.6. The summed E-state index contributed by atoms with van der Waals surface area (Å²) < 4.78 is 6.76. The molecule has 0 saturated carbocycles. The van der Waals surface area contributed by atoms with Crippen LogP contribution in [0.4, 0.5) is 0 Å². The van der Waals surface area contributed by atoms with Crippen molar-refractivity contribution in [3.8, 4) is 0 Å². The van der Waals surface area contributed by atoms with Crippen LogP contribution in [-0.4, -0.2) is 36.9 Å². The maximum absolute atomic E-state index is 13.0. The molecule has 1 amide bonds. The van der Waals surface area contributed by atoms with Crippen molar-refractivity contribution >= 4 is 11.6 Å². The molecule has 1 aliphatic heterocycles. The standard InChI is InChI=1S/C16H17N5O2/c22-16(12-5-8-20-9-6-17-14(20)10-12)21-7-3-1-2-4-13(21)15-18-11-23-19-15/h5-6,8-11,13H,1-4,7H2. The maximum atomic E-state index is 13.0. The van der Waals surface area contributed by atoms with Crippen molar-refractivity contribution in [3.05, 3.63) is 48.5 Å². The highest BCUT2D eigenvalue weighted by molar-refractivity contribution is 5.95. The molecule has 23 heavy (non-hydrogen) atoms. The fraction of sp³-hybridized carbons (Fsp3) is 0.375. The van der Waals surface area contributed by atoms with Crippen molar-refractivity contribution in [2.75, 3.05) is 6.54 Å². The molecule has 7 heteroatoms. The molecule has 1 aliphatic rings. The summed E-state index contributed by atoms with van der Waals surface area (Å²) >= 11 is 0. The summed E-state index contributed by atoms with van der Waals surface area (Å²) in [5.74, 6) is 0.578. The van der Waals surface area contributed by atoms with Crippen molar-refractivity contribution < 1.29 is 9.32 Å². The molecule has 0 spiro atoms. The largest absolute Gasteiger partial charge is 0.343 e. The van der Waals surface area contributed by atoms with Crippen molar-refractivity contribution in [2.45, 2.75) is 31.7 Å². The van der Waals surface area contributed by atoms with Gasteiger partial charge in [0.25, 0.3) is 5.91 Å². The predicted octanol–water partition coefficient (Wildman–Crippen LogP) is 2.47. The molecular weight excluding hydrogens is 294 g/mol. The predicted molar refractivity (Wildman–Crippen MR) is 81.7 cm³/mol. The molecule has 0 aliphatic carbocycles. The molecule has 1 fully saturated rings. The molecule has 0 aromatic carbocycles.